The average Bonchev–Trinajstić information content (AvgIpc) is 2.37. The monoisotopic (exact) mass is 337 g/mol. The van der Waals surface area contributed by atoms with E-state index in [4.69, 9.17) is 0 Å². The molecule has 0 fully saturated rings. The van der Waals surface area contributed by atoms with Crippen molar-refractivity contribution in [2.24, 2.45) is 0 Å². The van der Waals surface area contributed by atoms with Gasteiger partial charge in [-0.2, -0.15) is 8.78 Å². The summed E-state index contributed by atoms with van der Waals surface area (Å²) in [5.41, 5.74) is -3.29. The first-order valence-corrected chi connectivity index (χ1v) is 9.02. The van der Waals surface area contributed by atoms with Crippen LogP contribution in [-0.2, 0) is 15.7 Å². The molecule has 3 nitrogen and oxygen atoms in total. The summed E-state index contributed by atoms with van der Waals surface area (Å²) in [6.45, 7) is 3.89. The molecule has 1 rings (SSSR count). The maximum atomic E-state index is 13.1. The van der Waals surface area contributed by atoms with Crippen LogP contribution < -0.4 is 4.72 Å². The van der Waals surface area contributed by atoms with Gasteiger partial charge in [-0.1, -0.05) is 47.6 Å². The fourth-order valence-electron chi connectivity index (χ4n) is 1.95. The third kappa shape index (κ3) is 5.97. The molecule has 0 saturated heterocycles. The molecule has 1 N–H and O–H groups in total. The second kappa shape index (κ2) is 7.61. The summed E-state index contributed by atoms with van der Waals surface area (Å²) in [4.78, 5) is 0.00263. The molecule has 0 bridgehead atoms. The predicted octanol–water partition coefficient (Wildman–Crippen LogP) is 3.86. The Kier molecular flexibility index (Phi) is 6.70. The number of rotatable bonds is 8. The molecule has 0 radical (unpaired) electrons. The lowest BCUT2D eigenvalue weighted by atomic mass is 10.1. The summed E-state index contributed by atoms with van der Waals surface area (Å²) in [5, 5.41) is 0. The van der Waals surface area contributed by atoms with Crippen molar-refractivity contribution in [2.75, 3.05) is 0 Å². The topological polar surface area (TPSA) is 46.2 Å². The Bertz CT molecular complexity index is 541. The second-order valence-electron chi connectivity index (χ2n) is 5.17. The van der Waals surface area contributed by atoms with E-state index in [0.29, 0.717) is 0 Å². The van der Waals surface area contributed by atoms with Crippen molar-refractivity contribution in [3.05, 3.63) is 29.8 Å². The molecule has 1 aromatic carbocycles. The number of alkyl halides is 2. The Balaban J connectivity index is 2.74. The molecule has 0 aliphatic rings. The SMILES string of the molecule is CCCCC[C@H](C)NS(=O)(=O)c1ccc(C(F)(F)P)cc1. The van der Waals surface area contributed by atoms with E-state index in [0.717, 1.165) is 37.8 Å². The summed E-state index contributed by atoms with van der Waals surface area (Å²) >= 11 is 0. The van der Waals surface area contributed by atoms with Gasteiger partial charge in [-0.05, 0) is 25.5 Å². The lowest BCUT2D eigenvalue weighted by molar-refractivity contribution is 0.104. The van der Waals surface area contributed by atoms with E-state index in [1.165, 1.54) is 21.4 Å². The maximum absolute atomic E-state index is 13.1. The molecule has 0 spiro atoms. The molecule has 120 valence electrons. The molecule has 0 aliphatic carbocycles. The molecule has 0 amide bonds. The van der Waals surface area contributed by atoms with Crippen LogP contribution >= 0.6 is 9.24 Å². The van der Waals surface area contributed by atoms with E-state index >= 15 is 0 Å². The van der Waals surface area contributed by atoms with Crippen LogP contribution in [0.4, 0.5) is 8.78 Å². The van der Waals surface area contributed by atoms with Crippen LogP contribution in [0.2, 0.25) is 0 Å². The first-order valence-electron chi connectivity index (χ1n) is 6.96. The number of hydrogen-bond donors (Lipinski definition) is 1. The van der Waals surface area contributed by atoms with Crippen molar-refractivity contribution in [1.82, 2.24) is 4.72 Å². The highest BCUT2D eigenvalue weighted by atomic mass is 32.2. The minimum atomic E-state index is -3.66. The lowest BCUT2D eigenvalue weighted by Crippen LogP contribution is -2.32. The third-order valence-corrected chi connectivity index (χ3v) is 5.09. The molecule has 1 unspecified atom stereocenters. The average molecular weight is 337 g/mol. The van der Waals surface area contributed by atoms with Crippen molar-refractivity contribution in [3.8, 4) is 0 Å². The molecule has 7 heteroatoms. The van der Waals surface area contributed by atoms with E-state index in [1.807, 2.05) is 0 Å². The van der Waals surface area contributed by atoms with Crippen molar-refractivity contribution in [3.63, 3.8) is 0 Å². The largest absolute Gasteiger partial charge is 0.283 e. The molecular weight excluding hydrogens is 315 g/mol. The zero-order chi connectivity index (χ0) is 16.1. The van der Waals surface area contributed by atoms with Gasteiger partial charge >= 0.3 is 0 Å². The molecule has 2 atom stereocenters. The Labute approximate surface area is 127 Å². The summed E-state index contributed by atoms with van der Waals surface area (Å²) in [6, 6.07) is 4.49. The number of halogens is 2. The van der Waals surface area contributed by atoms with Crippen LogP contribution in [-0.4, -0.2) is 14.5 Å². The second-order valence-corrected chi connectivity index (χ2v) is 7.60. The van der Waals surface area contributed by atoms with E-state index in [2.05, 4.69) is 11.6 Å². The summed E-state index contributed by atoms with van der Waals surface area (Å²) in [5.74, 6) is 0. The van der Waals surface area contributed by atoms with Gasteiger partial charge in [0.1, 0.15) is 0 Å². The van der Waals surface area contributed by atoms with Gasteiger partial charge in [0, 0.05) is 11.6 Å². The first kappa shape index (κ1) is 18.5. The molecule has 0 aromatic heterocycles. The molecule has 21 heavy (non-hydrogen) atoms. The number of sulfonamides is 1. The minimum Gasteiger partial charge on any atom is -0.208 e. The Morgan fingerprint density at radius 3 is 2.29 bits per heavy atom. The highest BCUT2D eigenvalue weighted by Crippen LogP contribution is 2.34. The van der Waals surface area contributed by atoms with Gasteiger partial charge in [0.05, 0.1) is 4.90 Å². The number of hydrogen-bond acceptors (Lipinski definition) is 2. The highest BCUT2D eigenvalue weighted by Gasteiger charge is 2.25. The van der Waals surface area contributed by atoms with Crippen LogP contribution in [0.3, 0.4) is 0 Å². The van der Waals surface area contributed by atoms with Crippen molar-refractivity contribution in [2.45, 2.75) is 56.1 Å². The zero-order valence-corrected chi connectivity index (χ0v) is 14.2. The number of benzene rings is 1. The van der Waals surface area contributed by atoms with Crippen LogP contribution in [0.25, 0.3) is 0 Å². The van der Waals surface area contributed by atoms with Crippen molar-refractivity contribution in [1.29, 1.82) is 0 Å². The van der Waals surface area contributed by atoms with Gasteiger partial charge in [-0.25, -0.2) is 13.1 Å². The van der Waals surface area contributed by atoms with Crippen molar-refractivity contribution < 1.29 is 17.2 Å². The van der Waals surface area contributed by atoms with E-state index in [-0.39, 0.29) is 16.5 Å². The third-order valence-electron chi connectivity index (χ3n) is 3.15. The summed E-state index contributed by atoms with van der Waals surface area (Å²) in [6.07, 6.45) is 3.85. The number of nitrogens with one attached hydrogen (secondary N) is 1. The molecule has 1 aromatic rings. The molecular formula is C14H22F2NO2PS. The maximum Gasteiger partial charge on any atom is 0.283 e. The summed E-state index contributed by atoms with van der Waals surface area (Å²) in [7, 11) is -2.23. The molecule has 0 heterocycles. The van der Waals surface area contributed by atoms with Crippen LogP contribution in [0.1, 0.15) is 45.1 Å². The predicted molar refractivity (Wildman–Crippen MR) is 84.0 cm³/mol. The van der Waals surface area contributed by atoms with E-state index in [1.54, 1.807) is 6.92 Å². The summed E-state index contributed by atoms with van der Waals surface area (Å²) < 4.78 is 53.0. The van der Waals surface area contributed by atoms with Gasteiger partial charge in [0.15, 0.2) is 0 Å². The fraction of sp³-hybridized carbons (Fsp3) is 0.571. The number of unbranched alkanes of at least 4 members (excludes halogenated alkanes) is 2. The van der Waals surface area contributed by atoms with E-state index in [9.17, 15) is 17.2 Å². The van der Waals surface area contributed by atoms with Crippen LogP contribution in [0, 0.1) is 0 Å². The van der Waals surface area contributed by atoms with Gasteiger partial charge in [-0.3, -0.25) is 0 Å². The molecule has 0 saturated carbocycles. The van der Waals surface area contributed by atoms with Crippen molar-refractivity contribution >= 4 is 19.3 Å². The quantitative estimate of drug-likeness (QED) is 0.578. The molecule has 0 aliphatic heterocycles. The Morgan fingerprint density at radius 1 is 1.24 bits per heavy atom. The minimum absolute atomic E-state index is 0.00263. The van der Waals surface area contributed by atoms with Gasteiger partial charge in [-0.15, -0.1) is 0 Å². The zero-order valence-electron chi connectivity index (χ0n) is 12.3. The lowest BCUT2D eigenvalue weighted by Gasteiger charge is -2.15. The van der Waals surface area contributed by atoms with Crippen LogP contribution in [0.5, 0.6) is 0 Å². The van der Waals surface area contributed by atoms with Gasteiger partial charge in [0.25, 0.3) is 5.66 Å². The highest BCUT2D eigenvalue weighted by molar-refractivity contribution is 7.89. The fourth-order valence-corrected chi connectivity index (χ4v) is 3.42. The first-order chi connectivity index (χ1) is 9.66. The van der Waals surface area contributed by atoms with Crippen LogP contribution in [0.15, 0.2) is 29.2 Å². The smallest absolute Gasteiger partial charge is 0.208 e. The van der Waals surface area contributed by atoms with E-state index < -0.39 is 15.7 Å². The van der Waals surface area contributed by atoms with Gasteiger partial charge in [0.2, 0.25) is 10.0 Å². The Hall–Kier alpha value is -0.580. The Morgan fingerprint density at radius 2 is 1.81 bits per heavy atom. The normalized spacial score (nSPS) is 14.1. The standard InChI is InChI=1S/C14H22F2NO2PS/c1-3-4-5-6-11(2)17-21(18,19)13-9-7-12(8-10-13)14(15,16)20/h7-11,17H,3-6,20H2,1-2H3/t11-/m0/s1. The van der Waals surface area contributed by atoms with Gasteiger partial charge < -0.3 is 0 Å².